The van der Waals surface area contributed by atoms with Crippen LogP contribution in [0, 0.1) is 0 Å². The van der Waals surface area contributed by atoms with Gasteiger partial charge in [-0.05, 0) is 25.1 Å². The van der Waals surface area contributed by atoms with Crippen LogP contribution in [0.15, 0.2) is 23.9 Å². The summed E-state index contributed by atoms with van der Waals surface area (Å²) < 4.78 is 0. The van der Waals surface area contributed by atoms with E-state index >= 15 is 0 Å². The quantitative estimate of drug-likeness (QED) is 0.773. The molecule has 1 amide bonds. The number of fused-ring (bicyclic) bond motifs is 1. The molecule has 0 aromatic carbocycles. The molecule has 2 N–H and O–H groups in total. The third kappa shape index (κ3) is 1.70. The molecule has 1 aliphatic rings. The lowest BCUT2D eigenvalue weighted by Gasteiger charge is -2.28. The lowest BCUT2D eigenvalue weighted by Crippen LogP contribution is -2.33. The number of rotatable bonds is 2. The van der Waals surface area contributed by atoms with Crippen LogP contribution in [0.5, 0.6) is 0 Å². The van der Waals surface area contributed by atoms with Gasteiger partial charge >= 0.3 is 0 Å². The van der Waals surface area contributed by atoms with Crippen LogP contribution >= 0.6 is 0 Å². The van der Waals surface area contributed by atoms with E-state index in [0.29, 0.717) is 12.1 Å². The summed E-state index contributed by atoms with van der Waals surface area (Å²) in [4.78, 5) is 17.4. The Morgan fingerprint density at radius 3 is 3.13 bits per heavy atom. The highest BCUT2D eigenvalue weighted by atomic mass is 16.1. The molecule has 0 aliphatic carbocycles. The smallest absolute Gasteiger partial charge is 0.246 e. The second-order valence-electron chi connectivity index (χ2n) is 3.46. The highest BCUT2D eigenvalue weighted by Crippen LogP contribution is 2.25. The molecule has 2 rings (SSSR count). The van der Waals surface area contributed by atoms with Gasteiger partial charge in [0, 0.05) is 24.9 Å². The molecule has 78 valence electrons. The van der Waals surface area contributed by atoms with Crippen molar-refractivity contribution in [1.29, 1.82) is 0 Å². The fourth-order valence-corrected chi connectivity index (χ4v) is 1.72. The van der Waals surface area contributed by atoms with Crippen molar-refractivity contribution < 1.29 is 4.79 Å². The Labute approximate surface area is 88.4 Å². The number of primary amides is 1. The van der Waals surface area contributed by atoms with Crippen LogP contribution in [0.1, 0.15) is 12.6 Å². The van der Waals surface area contributed by atoms with Crippen LogP contribution in [0.2, 0.25) is 0 Å². The largest absolute Gasteiger partial charge is 0.366 e. The number of carbonyl (C=O) groups excluding carboxylic acids is 1. The molecule has 1 aliphatic heterocycles. The summed E-state index contributed by atoms with van der Waals surface area (Å²) >= 11 is 0. The molecular weight excluding hydrogens is 190 g/mol. The molecule has 1 aromatic heterocycles. The molecule has 4 heteroatoms. The second-order valence-corrected chi connectivity index (χ2v) is 3.46. The van der Waals surface area contributed by atoms with Crippen LogP contribution in [0.4, 0.5) is 5.69 Å². The molecule has 0 bridgehead atoms. The van der Waals surface area contributed by atoms with Crippen LogP contribution in [-0.4, -0.2) is 24.0 Å². The summed E-state index contributed by atoms with van der Waals surface area (Å²) in [5.74, 6) is -0.371. The van der Waals surface area contributed by atoms with Gasteiger partial charge in [0.25, 0.3) is 0 Å². The monoisotopic (exact) mass is 203 g/mol. The third-order valence-electron chi connectivity index (χ3n) is 2.53. The highest BCUT2D eigenvalue weighted by Gasteiger charge is 2.19. The maximum absolute atomic E-state index is 11.1. The maximum Gasteiger partial charge on any atom is 0.246 e. The minimum atomic E-state index is -0.371. The van der Waals surface area contributed by atoms with E-state index in [1.54, 1.807) is 12.3 Å². The van der Waals surface area contributed by atoms with Gasteiger partial charge < -0.3 is 10.6 Å². The summed E-state index contributed by atoms with van der Waals surface area (Å²) in [5.41, 5.74) is 7.77. The first-order valence-electron chi connectivity index (χ1n) is 4.92. The van der Waals surface area contributed by atoms with Gasteiger partial charge in [0.15, 0.2) is 0 Å². The predicted molar refractivity (Wildman–Crippen MR) is 59.3 cm³/mol. The Morgan fingerprint density at radius 2 is 2.47 bits per heavy atom. The maximum atomic E-state index is 11.1. The first kappa shape index (κ1) is 9.71. The Balaban J connectivity index is 2.48. The van der Waals surface area contributed by atoms with E-state index < -0.39 is 0 Å². The van der Waals surface area contributed by atoms with Crippen molar-refractivity contribution in [3.05, 3.63) is 29.6 Å². The van der Waals surface area contributed by atoms with Gasteiger partial charge in [-0.15, -0.1) is 0 Å². The van der Waals surface area contributed by atoms with E-state index in [1.165, 1.54) is 0 Å². The Hall–Kier alpha value is -1.84. The fraction of sp³-hybridized carbons (Fsp3) is 0.273. The number of hydrogen-bond donors (Lipinski definition) is 1. The summed E-state index contributed by atoms with van der Waals surface area (Å²) in [7, 11) is 0. The van der Waals surface area contributed by atoms with Gasteiger partial charge in [0.2, 0.25) is 5.91 Å². The SMILES string of the molecule is CCN1CC(C(N)=O)=Cc2ncccc21. The van der Waals surface area contributed by atoms with Crippen LogP contribution in [0.25, 0.3) is 6.08 Å². The molecule has 0 unspecified atom stereocenters. The summed E-state index contributed by atoms with van der Waals surface area (Å²) in [5, 5.41) is 0. The van der Waals surface area contributed by atoms with E-state index in [1.807, 2.05) is 19.1 Å². The van der Waals surface area contributed by atoms with Gasteiger partial charge in [0.1, 0.15) is 0 Å². The number of nitrogens with two attached hydrogens (primary N) is 1. The topological polar surface area (TPSA) is 59.2 Å². The highest BCUT2D eigenvalue weighted by molar-refractivity contribution is 5.99. The van der Waals surface area contributed by atoms with E-state index in [0.717, 1.165) is 17.9 Å². The minimum Gasteiger partial charge on any atom is -0.366 e. The molecule has 0 saturated heterocycles. The molecule has 4 nitrogen and oxygen atoms in total. The average Bonchev–Trinajstić information content (AvgIpc) is 2.27. The third-order valence-corrected chi connectivity index (χ3v) is 2.53. The molecule has 0 radical (unpaired) electrons. The number of likely N-dealkylation sites (N-methyl/N-ethyl adjacent to an activating group) is 1. The van der Waals surface area contributed by atoms with Gasteiger partial charge in [-0.1, -0.05) is 0 Å². The van der Waals surface area contributed by atoms with Crippen LogP contribution < -0.4 is 10.6 Å². The van der Waals surface area contributed by atoms with E-state index in [4.69, 9.17) is 5.73 Å². The van der Waals surface area contributed by atoms with Gasteiger partial charge in [-0.25, -0.2) is 0 Å². The van der Waals surface area contributed by atoms with Crippen molar-refractivity contribution in [3.63, 3.8) is 0 Å². The number of anilines is 1. The molecule has 1 aromatic rings. The zero-order chi connectivity index (χ0) is 10.8. The summed E-state index contributed by atoms with van der Waals surface area (Å²) in [6, 6.07) is 3.89. The fourth-order valence-electron chi connectivity index (χ4n) is 1.72. The molecule has 0 atom stereocenters. The van der Waals surface area contributed by atoms with E-state index in [2.05, 4.69) is 9.88 Å². The lowest BCUT2D eigenvalue weighted by molar-refractivity contribution is -0.114. The molecule has 0 spiro atoms. The van der Waals surface area contributed by atoms with Crippen molar-refractivity contribution in [3.8, 4) is 0 Å². The number of nitrogens with zero attached hydrogens (tertiary/aromatic N) is 2. The van der Waals surface area contributed by atoms with Crippen molar-refractivity contribution >= 4 is 17.7 Å². The Kier molecular flexibility index (Phi) is 2.41. The summed E-state index contributed by atoms with van der Waals surface area (Å²) in [6.07, 6.45) is 3.48. The van der Waals surface area contributed by atoms with E-state index in [-0.39, 0.29) is 5.91 Å². The first-order chi connectivity index (χ1) is 7.22. The molecule has 15 heavy (non-hydrogen) atoms. The standard InChI is InChI=1S/C11H13N3O/c1-2-14-7-8(11(12)15)6-9-10(14)4-3-5-13-9/h3-6H,2,7H2,1H3,(H2,12,15). The van der Waals surface area contributed by atoms with Gasteiger partial charge in [0.05, 0.1) is 11.4 Å². The van der Waals surface area contributed by atoms with Crippen LogP contribution in [-0.2, 0) is 4.79 Å². The molecule has 0 saturated carbocycles. The minimum absolute atomic E-state index is 0.371. The first-order valence-corrected chi connectivity index (χ1v) is 4.92. The lowest BCUT2D eigenvalue weighted by atomic mass is 10.1. The molecule has 2 heterocycles. The molecule has 0 fully saturated rings. The second kappa shape index (κ2) is 3.73. The number of amides is 1. The number of pyridine rings is 1. The van der Waals surface area contributed by atoms with Gasteiger partial charge in [-0.3, -0.25) is 9.78 Å². The zero-order valence-electron chi connectivity index (χ0n) is 8.60. The zero-order valence-corrected chi connectivity index (χ0v) is 8.60. The van der Waals surface area contributed by atoms with Crippen molar-refractivity contribution in [2.24, 2.45) is 5.73 Å². The summed E-state index contributed by atoms with van der Waals surface area (Å²) in [6.45, 7) is 3.45. The van der Waals surface area contributed by atoms with Crippen molar-refractivity contribution in [2.75, 3.05) is 18.0 Å². The van der Waals surface area contributed by atoms with Crippen molar-refractivity contribution in [2.45, 2.75) is 6.92 Å². The number of hydrogen-bond acceptors (Lipinski definition) is 3. The molecular formula is C11H13N3O. The predicted octanol–water partition coefficient (Wildman–Crippen LogP) is 0.790. The Morgan fingerprint density at radius 1 is 1.67 bits per heavy atom. The van der Waals surface area contributed by atoms with Crippen LogP contribution in [0.3, 0.4) is 0 Å². The van der Waals surface area contributed by atoms with Gasteiger partial charge in [-0.2, -0.15) is 0 Å². The van der Waals surface area contributed by atoms with E-state index in [9.17, 15) is 4.79 Å². The number of carbonyl (C=O) groups is 1. The van der Waals surface area contributed by atoms with Crippen molar-refractivity contribution in [1.82, 2.24) is 4.98 Å². The average molecular weight is 203 g/mol. The Bertz CT molecular complexity index is 426. The number of aromatic nitrogens is 1. The normalized spacial score (nSPS) is 14.5.